The van der Waals surface area contributed by atoms with Crippen LogP contribution in [0.2, 0.25) is 0 Å². The van der Waals surface area contributed by atoms with Crippen LogP contribution in [0.1, 0.15) is 12.5 Å². The highest BCUT2D eigenvalue weighted by Gasteiger charge is 2.04. The van der Waals surface area contributed by atoms with Gasteiger partial charge in [-0.15, -0.1) is 0 Å². The summed E-state index contributed by atoms with van der Waals surface area (Å²) in [6.07, 6.45) is 3.70. The first-order valence-corrected chi connectivity index (χ1v) is 7.68. The second kappa shape index (κ2) is 8.02. The van der Waals surface area contributed by atoms with Gasteiger partial charge in [0.05, 0.1) is 0 Å². The fraction of sp³-hybridized carbons (Fsp3) is 0.312. The number of nitrogens with zero attached hydrogens (tertiary/aromatic N) is 2. The molecule has 0 aliphatic rings. The van der Waals surface area contributed by atoms with E-state index in [1.165, 1.54) is 5.56 Å². The number of nitrogens with one attached hydrogen (secondary N) is 1. The lowest BCUT2D eigenvalue weighted by Crippen LogP contribution is -2.28. The fourth-order valence-corrected chi connectivity index (χ4v) is 2.47. The molecule has 3 nitrogen and oxygen atoms in total. The molecule has 2 rings (SSSR count). The van der Waals surface area contributed by atoms with Gasteiger partial charge in [0.2, 0.25) is 0 Å². The number of para-hydroxylation sites is 1. The van der Waals surface area contributed by atoms with Crippen LogP contribution in [0.25, 0.3) is 0 Å². The van der Waals surface area contributed by atoms with Gasteiger partial charge in [0.1, 0.15) is 0 Å². The predicted octanol–water partition coefficient (Wildman–Crippen LogP) is 3.78. The lowest BCUT2D eigenvalue weighted by molar-refractivity contribution is 0.291. The van der Waals surface area contributed by atoms with E-state index in [0.717, 1.165) is 36.3 Å². The summed E-state index contributed by atoms with van der Waals surface area (Å²) in [5.41, 5.74) is 2.45. The third kappa shape index (κ3) is 4.62. The number of aromatic nitrogens is 1. The van der Waals surface area contributed by atoms with Crippen LogP contribution >= 0.6 is 15.9 Å². The smallest absolute Gasteiger partial charge is 0.0485 e. The molecule has 20 heavy (non-hydrogen) atoms. The van der Waals surface area contributed by atoms with Crippen molar-refractivity contribution in [3.63, 3.8) is 0 Å². The lowest BCUT2D eigenvalue weighted by Gasteiger charge is -2.21. The van der Waals surface area contributed by atoms with E-state index in [4.69, 9.17) is 0 Å². The van der Waals surface area contributed by atoms with Crippen molar-refractivity contribution in [2.75, 3.05) is 25.0 Å². The van der Waals surface area contributed by atoms with Crippen LogP contribution in [0.5, 0.6) is 0 Å². The molecule has 1 N–H and O–H groups in total. The summed E-state index contributed by atoms with van der Waals surface area (Å²) >= 11 is 3.55. The highest BCUT2D eigenvalue weighted by molar-refractivity contribution is 9.10. The van der Waals surface area contributed by atoms with Crippen LogP contribution in [0.3, 0.4) is 0 Å². The Labute approximate surface area is 129 Å². The van der Waals surface area contributed by atoms with Gasteiger partial charge in [-0.2, -0.15) is 0 Å². The molecule has 0 fully saturated rings. The Morgan fingerprint density at radius 3 is 2.60 bits per heavy atom. The molecule has 2 aromatic rings. The first-order valence-electron chi connectivity index (χ1n) is 6.89. The number of pyridine rings is 1. The van der Waals surface area contributed by atoms with E-state index < -0.39 is 0 Å². The molecule has 0 radical (unpaired) electrons. The van der Waals surface area contributed by atoms with Gasteiger partial charge in [0, 0.05) is 42.2 Å². The zero-order valence-corrected chi connectivity index (χ0v) is 13.3. The first kappa shape index (κ1) is 15.0. The number of hydrogen-bond acceptors (Lipinski definition) is 3. The minimum atomic E-state index is 0.932. The standard InChI is InChI=1S/C16H20BrN3/c1-2-20(13-14-7-9-18-10-8-14)12-11-19-16-6-4-3-5-15(16)17/h3-10,19H,2,11-13H2,1H3. The molecule has 106 valence electrons. The number of benzene rings is 1. The summed E-state index contributed by atoms with van der Waals surface area (Å²) < 4.78 is 1.11. The Hall–Kier alpha value is -1.39. The Morgan fingerprint density at radius 2 is 1.90 bits per heavy atom. The van der Waals surface area contributed by atoms with Crippen molar-refractivity contribution in [2.45, 2.75) is 13.5 Å². The van der Waals surface area contributed by atoms with Gasteiger partial charge in [0.25, 0.3) is 0 Å². The van der Waals surface area contributed by atoms with Gasteiger partial charge >= 0.3 is 0 Å². The number of likely N-dealkylation sites (N-methyl/N-ethyl adjacent to an activating group) is 1. The van der Waals surface area contributed by atoms with Crippen LogP contribution in [0, 0.1) is 0 Å². The average molecular weight is 334 g/mol. The minimum Gasteiger partial charge on any atom is -0.383 e. The van der Waals surface area contributed by atoms with Gasteiger partial charge in [-0.05, 0) is 52.3 Å². The molecule has 1 heterocycles. The lowest BCUT2D eigenvalue weighted by atomic mass is 10.2. The first-order chi connectivity index (χ1) is 9.79. The summed E-state index contributed by atoms with van der Waals surface area (Å²) in [5.74, 6) is 0. The Kier molecular flexibility index (Phi) is 6.02. The van der Waals surface area contributed by atoms with E-state index in [1.54, 1.807) is 0 Å². The summed E-state index contributed by atoms with van der Waals surface area (Å²) in [6, 6.07) is 12.4. The highest BCUT2D eigenvalue weighted by atomic mass is 79.9. The topological polar surface area (TPSA) is 28.2 Å². The van der Waals surface area contributed by atoms with E-state index in [1.807, 2.05) is 24.5 Å². The molecule has 0 saturated heterocycles. The summed E-state index contributed by atoms with van der Waals surface area (Å²) in [5, 5.41) is 3.46. The number of halogens is 1. The molecule has 1 aromatic carbocycles. The fourth-order valence-electron chi connectivity index (χ4n) is 2.05. The molecule has 0 atom stereocenters. The molecule has 1 aromatic heterocycles. The molecule has 4 heteroatoms. The van der Waals surface area contributed by atoms with Crippen molar-refractivity contribution in [3.05, 3.63) is 58.8 Å². The molecular formula is C16H20BrN3. The average Bonchev–Trinajstić information content (AvgIpc) is 2.49. The van der Waals surface area contributed by atoms with E-state index in [9.17, 15) is 0 Å². The van der Waals surface area contributed by atoms with Crippen molar-refractivity contribution in [3.8, 4) is 0 Å². The van der Waals surface area contributed by atoms with Gasteiger partial charge in [-0.3, -0.25) is 9.88 Å². The summed E-state index contributed by atoms with van der Waals surface area (Å²) in [7, 11) is 0. The minimum absolute atomic E-state index is 0.932. The Balaban J connectivity index is 1.81. The molecule has 0 bridgehead atoms. The predicted molar refractivity (Wildman–Crippen MR) is 87.8 cm³/mol. The summed E-state index contributed by atoms with van der Waals surface area (Å²) in [4.78, 5) is 6.47. The molecule has 0 spiro atoms. The third-order valence-corrected chi connectivity index (χ3v) is 3.91. The molecule has 0 amide bonds. The van der Waals surface area contributed by atoms with E-state index in [-0.39, 0.29) is 0 Å². The van der Waals surface area contributed by atoms with Crippen molar-refractivity contribution < 1.29 is 0 Å². The number of hydrogen-bond donors (Lipinski definition) is 1. The van der Waals surface area contributed by atoms with Crippen molar-refractivity contribution >= 4 is 21.6 Å². The highest BCUT2D eigenvalue weighted by Crippen LogP contribution is 2.20. The third-order valence-electron chi connectivity index (χ3n) is 3.22. The molecular weight excluding hydrogens is 314 g/mol. The zero-order chi connectivity index (χ0) is 14.2. The molecule has 0 aliphatic carbocycles. The molecule has 0 aliphatic heterocycles. The van der Waals surface area contributed by atoms with E-state index >= 15 is 0 Å². The largest absolute Gasteiger partial charge is 0.383 e. The molecule has 0 saturated carbocycles. The normalized spacial score (nSPS) is 10.8. The van der Waals surface area contributed by atoms with Crippen molar-refractivity contribution in [2.24, 2.45) is 0 Å². The van der Waals surface area contributed by atoms with Gasteiger partial charge in [-0.1, -0.05) is 19.1 Å². The van der Waals surface area contributed by atoms with E-state index in [2.05, 4.69) is 62.3 Å². The SMILES string of the molecule is CCN(CCNc1ccccc1Br)Cc1ccncc1. The van der Waals surface area contributed by atoms with Gasteiger partial charge < -0.3 is 5.32 Å². The zero-order valence-electron chi connectivity index (χ0n) is 11.7. The van der Waals surface area contributed by atoms with Crippen LogP contribution in [-0.2, 0) is 6.54 Å². The maximum atomic E-state index is 4.05. The van der Waals surface area contributed by atoms with Crippen molar-refractivity contribution in [1.29, 1.82) is 0 Å². The van der Waals surface area contributed by atoms with Crippen LogP contribution in [-0.4, -0.2) is 29.5 Å². The van der Waals surface area contributed by atoms with Gasteiger partial charge in [-0.25, -0.2) is 0 Å². The number of rotatable bonds is 7. The Morgan fingerprint density at radius 1 is 1.15 bits per heavy atom. The maximum absolute atomic E-state index is 4.05. The number of anilines is 1. The monoisotopic (exact) mass is 333 g/mol. The van der Waals surface area contributed by atoms with Crippen LogP contribution in [0.15, 0.2) is 53.3 Å². The van der Waals surface area contributed by atoms with Crippen molar-refractivity contribution in [1.82, 2.24) is 9.88 Å². The van der Waals surface area contributed by atoms with Gasteiger partial charge in [0.15, 0.2) is 0 Å². The Bertz CT molecular complexity index is 516. The van der Waals surface area contributed by atoms with Crippen LogP contribution in [0.4, 0.5) is 5.69 Å². The second-order valence-electron chi connectivity index (χ2n) is 4.63. The second-order valence-corrected chi connectivity index (χ2v) is 5.49. The van der Waals surface area contributed by atoms with E-state index in [0.29, 0.717) is 0 Å². The maximum Gasteiger partial charge on any atom is 0.0485 e. The van der Waals surface area contributed by atoms with Crippen LogP contribution < -0.4 is 5.32 Å². The quantitative estimate of drug-likeness (QED) is 0.835. The summed E-state index contributed by atoms with van der Waals surface area (Å²) in [6.45, 7) is 6.15. The molecule has 0 unspecified atom stereocenters.